The van der Waals surface area contributed by atoms with Crippen LogP contribution in [0, 0.1) is 0 Å². The first-order chi connectivity index (χ1) is 14.0. The van der Waals surface area contributed by atoms with Gasteiger partial charge in [-0.3, -0.25) is 19.4 Å². The Morgan fingerprint density at radius 3 is 2.72 bits per heavy atom. The molecule has 0 unspecified atom stereocenters. The molecule has 2 fully saturated rings. The van der Waals surface area contributed by atoms with Crippen LogP contribution in [0.5, 0.6) is 5.75 Å². The number of carbonyl (C=O) groups excluding carboxylic acids is 3. The van der Waals surface area contributed by atoms with Crippen LogP contribution in [-0.4, -0.2) is 66.5 Å². The van der Waals surface area contributed by atoms with E-state index in [-0.39, 0.29) is 24.8 Å². The standard InChI is InChI=1S/C21H30N4O4/c1-3-24-12-4-5-16(24)13-22-19(26)11-10-18-20(27)25(21(28)23-18)14-15-6-8-17(29-2)9-7-15/h6-9,16,18H,3-5,10-14H2,1-2H3,(H,22,26)(H,23,28)/t16-,18-/m1/s1. The molecule has 0 spiro atoms. The van der Waals surface area contributed by atoms with Gasteiger partial charge < -0.3 is 15.4 Å². The maximum atomic E-state index is 12.6. The van der Waals surface area contributed by atoms with Crippen molar-refractivity contribution in [1.29, 1.82) is 0 Å². The SMILES string of the molecule is CCN1CCC[C@@H]1CNC(=O)CC[C@H]1NC(=O)N(Cc2ccc(OC)cc2)C1=O. The Morgan fingerprint density at radius 1 is 1.28 bits per heavy atom. The molecule has 3 rings (SSSR count). The molecule has 1 aromatic carbocycles. The van der Waals surface area contributed by atoms with Crippen molar-refractivity contribution in [1.82, 2.24) is 20.4 Å². The van der Waals surface area contributed by atoms with E-state index < -0.39 is 12.1 Å². The average Bonchev–Trinajstić information content (AvgIpc) is 3.30. The molecule has 158 valence electrons. The molecule has 2 aliphatic heterocycles. The summed E-state index contributed by atoms with van der Waals surface area (Å²) in [5, 5.41) is 5.66. The minimum atomic E-state index is -0.648. The molecule has 2 saturated heterocycles. The average molecular weight is 402 g/mol. The molecule has 0 saturated carbocycles. The molecule has 29 heavy (non-hydrogen) atoms. The van der Waals surface area contributed by atoms with Crippen molar-refractivity contribution in [2.24, 2.45) is 0 Å². The van der Waals surface area contributed by atoms with Crippen LogP contribution in [0.4, 0.5) is 4.79 Å². The second-order valence-corrected chi connectivity index (χ2v) is 7.54. The summed E-state index contributed by atoms with van der Waals surface area (Å²) in [7, 11) is 1.58. The second kappa shape index (κ2) is 9.73. The molecule has 4 amide bonds. The van der Waals surface area contributed by atoms with E-state index in [4.69, 9.17) is 4.74 Å². The number of carbonyl (C=O) groups is 3. The van der Waals surface area contributed by atoms with E-state index in [0.717, 1.165) is 30.8 Å². The number of benzene rings is 1. The highest BCUT2D eigenvalue weighted by Crippen LogP contribution is 2.18. The molecule has 1 aromatic rings. The molecule has 2 atom stereocenters. The van der Waals surface area contributed by atoms with Gasteiger partial charge in [-0.15, -0.1) is 0 Å². The van der Waals surface area contributed by atoms with Gasteiger partial charge in [-0.2, -0.15) is 0 Å². The molecular weight excluding hydrogens is 372 g/mol. The van der Waals surface area contributed by atoms with Crippen LogP contribution in [-0.2, 0) is 16.1 Å². The number of hydrogen-bond acceptors (Lipinski definition) is 5. The Balaban J connectivity index is 1.44. The van der Waals surface area contributed by atoms with E-state index in [1.165, 1.54) is 11.3 Å². The summed E-state index contributed by atoms with van der Waals surface area (Å²) in [6.45, 7) is 5.05. The van der Waals surface area contributed by atoms with Crippen LogP contribution in [0.3, 0.4) is 0 Å². The van der Waals surface area contributed by atoms with E-state index in [0.29, 0.717) is 19.0 Å². The topological polar surface area (TPSA) is 91.0 Å². The fraction of sp³-hybridized carbons (Fsp3) is 0.571. The van der Waals surface area contributed by atoms with Crippen LogP contribution >= 0.6 is 0 Å². The maximum Gasteiger partial charge on any atom is 0.325 e. The van der Waals surface area contributed by atoms with Gasteiger partial charge in [0.2, 0.25) is 5.91 Å². The van der Waals surface area contributed by atoms with E-state index >= 15 is 0 Å². The van der Waals surface area contributed by atoms with Crippen LogP contribution in [0.25, 0.3) is 0 Å². The first-order valence-electron chi connectivity index (χ1n) is 10.3. The van der Waals surface area contributed by atoms with Gasteiger partial charge in [0.25, 0.3) is 5.91 Å². The number of hydrogen-bond donors (Lipinski definition) is 2. The number of rotatable bonds is 9. The minimum Gasteiger partial charge on any atom is -0.497 e. The van der Waals surface area contributed by atoms with Crippen molar-refractivity contribution in [3.63, 3.8) is 0 Å². The third kappa shape index (κ3) is 5.26. The second-order valence-electron chi connectivity index (χ2n) is 7.54. The lowest BCUT2D eigenvalue weighted by Gasteiger charge is -2.22. The first kappa shape index (κ1) is 21.1. The molecule has 2 N–H and O–H groups in total. The fourth-order valence-corrected chi connectivity index (χ4v) is 3.97. The Labute approximate surface area is 171 Å². The van der Waals surface area contributed by atoms with E-state index in [2.05, 4.69) is 22.5 Å². The Kier molecular flexibility index (Phi) is 7.09. The molecule has 0 radical (unpaired) electrons. The number of methoxy groups -OCH3 is 1. The van der Waals surface area contributed by atoms with Crippen molar-refractivity contribution in [3.8, 4) is 5.75 Å². The van der Waals surface area contributed by atoms with Gasteiger partial charge in [0, 0.05) is 19.0 Å². The van der Waals surface area contributed by atoms with Gasteiger partial charge in [0.1, 0.15) is 11.8 Å². The molecule has 8 heteroatoms. The predicted molar refractivity (Wildman–Crippen MR) is 108 cm³/mol. The molecule has 0 aliphatic carbocycles. The fourth-order valence-electron chi connectivity index (χ4n) is 3.97. The Morgan fingerprint density at radius 2 is 2.03 bits per heavy atom. The Hall–Kier alpha value is -2.61. The normalized spacial score (nSPS) is 22.1. The number of imide groups is 1. The van der Waals surface area contributed by atoms with E-state index in [9.17, 15) is 14.4 Å². The third-order valence-electron chi connectivity index (χ3n) is 5.71. The molecule has 0 bridgehead atoms. The van der Waals surface area contributed by atoms with Crippen LogP contribution in [0.1, 0.15) is 38.2 Å². The van der Waals surface area contributed by atoms with Crippen molar-refractivity contribution >= 4 is 17.8 Å². The number of likely N-dealkylation sites (tertiary alicyclic amines) is 1. The largest absolute Gasteiger partial charge is 0.497 e. The lowest BCUT2D eigenvalue weighted by molar-refractivity contribution is -0.128. The van der Waals surface area contributed by atoms with E-state index in [1.807, 2.05) is 12.1 Å². The van der Waals surface area contributed by atoms with E-state index in [1.54, 1.807) is 19.2 Å². The minimum absolute atomic E-state index is 0.0800. The summed E-state index contributed by atoms with van der Waals surface area (Å²) in [6.07, 6.45) is 2.79. The first-order valence-corrected chi connectivity index (χ1v) is 10.3. The van der Waals surface area contributed by atoms with Crippen LogP contribution in [0.15, 0.2) is 24.3 Å². The molecule has 0 aromatic heterocycles. The monoisotopic (exact) mass is 402 g/mol. The van der Waals surface area contributed by atoms with Gasteiger partial charge in [-0.25, -0.2) is 4.79 Å². The quantitative estimate of drug-likeness (QED) is 0.611. The number of nitrogens with zero attached hydrogens (tertiary/aromatic N) is 2. The summed E-state index contributed by atoms with van der Waals surface area (Å²) in [4.78, 5) is 40.5. The molecule has 2 aliphatic rings. The van der Waals surface area contributed by atoms with Gasteiger partial charge in [0.15, 0.2) is 0 Å². The zero-order valence-electron chi connectivity index (χ0n) is 17.1. The number of ether oxygens (including phenoxy) is 1. The zero-order chi connectivity index (χ0) is 20.8. The highest BCUT2D eigenvalue weighted by atomic mass is 16.5. The molecular formula is C21H30N4O4. The highest BCUT2D eigenvalue weighted by Gasteiger charge is 2.37. The van der Waals surface area contributed by atoms with Gasteiger partial charge in [-0.1, -0.05) is 19.1 Å². The zero-order valence-corrected chi connectivity index (χ0v) is 17.1. The van der Waals surface area contributed by atoms with Crippen molar-refractivity contribution < 1.29 is 19.1 Å². The highest BCUT2D eigenvalue weighted by molar-refractivity contribution is 6.04. The van der Waals surface area contributed by atoms with Crippen LogP contribution < -0.4 is 15.4 Å². The Bertz CT molecular complexity index is 737. The van der Waals surface area contributed by atoms with Crippen molar-refractivity contribution in [2.75, 3.05) is 26.7 Å². The summed E-state index contributed by atoms with van der Waals surface area (Å²) < 4.78 is 5.12. The summed E-state index contributed by atoms with van der Waals surface area (Å²) >= 11 is 0. The molecule has 8 nitrogen and oxygen atoms in total. The number of amides is 4. The van der Waals surface area contributed by atoms with Crippen LogP contribution in [0.2, 0.25) is 0 Å². The van der Waals surface area contributed by atoms with Gasteiger partial charge in [-0.05, 0) is 50.0 Å². The predicted octanol–water partition coefficient (Wildman–Crippen LogP) is 1.50. The van der Waals surface area contributed by atoms with Gasteiger partial charge >= 0.3 is 6.03 Å². The number of urea groups is 1. The number of likely N-dealkylation sites (N-methyl/N-ethyl adjacent to an activating group) is 1. The third-order valence-corrected chi connectivity index (χ3v) is 5.71. The lowest BCUT2D eigenvalue weighted by atomic mass is 10.1. The molecule has 2 heterocycles. The number of nitrogens with one attached hydrogen (secondary N) is 2. The smallest absolute Gasteiger partial charge is 0.325 e. The maximum absolute atomic E-state index is 12.6. The van der Waals surface area contributed by atoms with Crippen molar-refractivity contribution in [3.05, 3.63) is 29.8 Å². The summed E-state index contributed by atoms with van der Waals surface area (Å²) in [5.41, 5.74) is 0.838. The summed E-state index contributed by atoms with van der Waals surface area (Å²) in [5.74, 6) is 0.352. The van der Waals surface area contributed by atoms with Gasteiger partial charge in [0.05, 0.1) is 13.7 Å². The summed E-state index contributed by atoms with van der Waals surface area (Å²) in [6, 6.07) is 6.56. The van der Waals surface area contributed by atoms with Crippen molar-refractivity contribution in [2.45, 2.75) is 51.2 Å². The lowest BCUT2D eigenvalue weighted by Crippen LogP contribution is -2.40.